The maximum atomic E-state index is 11.9. The molecule has 1 aromatic rings. The summed E-state index contributed by atoms with van der Waals surface area (Å²) in [6, 6.07) is 6.59. The largest absolute Gasteiger partial charge is 0.497 e. The zero-order chi connectivity index (χ0) is 10.6. The Kier molecular flexibility index (Phi) is 3.74. The summed E-state index contributed by atoms with van der Waals surface area (Å²) >= 11 is 0.780. The van der Waals surface area contributed by atoms with Crippen LogP contribution in [-0.2, 0) is 0 Å². The number of methoxy groups -OCH3 is 1. The monoisotopic (exact) mass is 221 g/mol. The second-order valence-electron chi connectivity index (χ2n) is 2.70. The molecule has 0 heterocycles. The molecule has 0 atom stereocenters. The van der Waals surface area contributed by atoms with Crippen molar-refractivity contribution in [2.45, 2.75) is 4.90 Å². The van der Waals surface area contributed by atoms with E-state index in [1.54, 1.807) is 24.3 Å². The average Bonchev–Trinajstić information content (AvgIpc) is 2.14. The second kappa shape index (κ2) is 4.64. The molecule has 0 radical (unpaired) electrons. The van der Waals surface area contributed by atoms with Gasteiger partial charge in [0.15, 0.2) is 0 Å². The minimum Gasteiger partial charge on any atom is -0.497 e. The normalized spacial score (nSPS) is 11.4. The molecule has 0 N–H and O–H groups in total. The van der Waals surface area contributed by atoms with E-state index >= 15 is 0 Å². The highest BCUT2D eigenvalue weighted by molar-refractivity contribution is 8.00. The maximum Gasteiger partial charge on any atom is 0.488 e. The number of rotatable bonds is 4. The molecule has 0 saturated carbocycles. The number of benzene rings is 1. The lowest BCUT2D eigenvalue weighted by molar-refractivity contribution is 0.413. The summed E-state index contributed by atoms with van der Waals surface area (Å²) in [5.74, 6) is 0.574. The van der Waals surface area contributed by atoms with Gasteiger partial charge >= 0.3 is 6.98 Å². The van der Waals surface area contributed by atoms with Crippen LogP contribution < -0.4 is 4.74 Å². The van der Waals surface area contributed by atoms with Crippen LogP contribution in [0.4, 0.5) is 12.9 Å². The van der Waals surface area contributed by atoms with E-state index in [1.807, 2.05) is 0 Å². The summed E-state index contributed by atoms with van der Waals surface area (Å²) in [7, 11) is 1.48. The van der Waals surface area contributed by atoms with Gasteiger partial charge in [0.05, 0.1) is 7.11 Å². The SMILES string of the molecule is COc1cccc(SC[B-](F)(F)F)c1. The van der Waals surface area contributed by atoms with E-state index in [1.165, 1.54) is 7.11 Å². The molecule has 78 valence electrons. The van der Waals surface area contributed by atoms with Gasteiger partial charge in [0.2, 0.25) is 0 Å². The summed E-state index contributed by atoms with van der Waals surface area (Å²) < 4.78 is 40.7. The number of ether oxygens (including phenoxy) is 1. The van der Waals surface area contributed by atoms with Crippen LogP contribution in [0.3, 0.4) is 0 Å². The molecule has 0 aliphatic carbocycles. The Hall–Kier alpha value is -0.775. The molecule has 0 spiro atoms. The first kappa shape index (κ1) is 11.3. The van der Waals surface area contributed by atoms with Gasteiger partial charge in [-0.3, -0.25) is 0 Å². The highest BCUT2D eigenvalue weighted by Crippen LogP contribution is 2.26. The molecular formula is C8H9BF3OS-. The Morgan fingerprint density at radius 2 is 2.07 bits per heavy atom. The predicted octanol–water partition coefficient (Wildman–Crippen LogP) is 3.17. The van der Waals surface area contributed by atoms with E-state index in [0.29, 0.717) is 10.6 Å². The Bertz CT molecular complexity index is 303. The molecule has 0 aromatic heterocycles. The fourth-order valence-electron chi connectivity index (χ4n) is 0.882. The van der Waals surface area contributed by atoms with Gasteiger partial charge in [-0.05, 0) is 23.9 Å². The van der Waals surface area contributed by atoms with Crippen molar-refractivity contribution >= 4 is 18.7 Å². The predicted molar refractivity (Wildman–Crippen MR) is 52.8 cm³/mol. The highest BCUT2D eigenvalue weighted by Gasteiger charge is 2.22. The summed E-state index contributed by atoms with van der Waals surface area (Å²) in [6.45, 7) is -4.72. The standard InChI is InChI=1S/C8H9BF3OS/c1-13-7-3-2-4-8(5-7)14-6-9(10,11)12/h2-5H,6H2,1H3/q-1. The Morgan fingerprint density at radius 1 is 1.36 bits per heavy atom. The highest BCUT2D eigenvalue weighted by atomic mass is 32.2. The van der Waals surface area contributed by atoms with Gasteiger partial charge in [0.1, 0.15) is 5.75 Å². The molecule has 6 heteroatoms. The van der Waals surface area contributed by atoms with Gasteiger partial charge in [-0.15, -0.1) is 0 Å². The lowest BCUT2D eigenvalue weighted by atomic mass is 9.98. The topological polar surface area (TPSA) is 9.23 Å². The average molecular weight is 221 g/mol. The van der Waals surface area contributed by atoms with Crippen molar-refractivity contribution in [1.82, 2.24) is 0 Å². The van der Waals surface area contributed by atoms with E-state index < -0.39 is 12.6 Å². The first-order valence-electron chi connectivity index (χ1n) is 3.99. The van der Waals surface area contributed by atoms with E-state index in [4.69, 9.17) is 4.74 Å². The van der Waals surface area contributed by atoms with Gasteiger partial charge in [0.25, 0.3) is 0 Å². The molecule has 1 rings (SSSR count). The number of hydrogen-bond acceptors (Lipinski definition) is 2. The fourth-order valence-corrected chi connectivity index (χ4v) is 1.64. The van der Waals surface area contributed by atoms with Crippen molar-refractivity contribution < 1.29 is 17.7 Å². The fraction of sp³-hybridized carbons (Fsp3) is 0.250. The van der Waals surface area contributed by atoms with Crippen molar-refractivity contribution in [3.8, 4) is 5.75 Å². The van der Waals surface area contributed by atoms with E-state index in [-0.39, 0.29) is 0 Å². The maximum absolute atomic E-state index is 11.9. The molecule has 0 bridgehead atoms. The third-order valence-electron chi connectivity index (χ3n) is 1.48. The van der Waals surface area contributed by atoms with E-state index in [9.17, 15) is 12.9 Å². The molecule has 0 unspecified atom stereocenters. The lowest BCUT2D eigenvalue weighted by Gasteiger charge is -2.12. The number of halogens is 3. The van der Waals surface area contributed by atoms with Crippen LogP contribution in [0.2, 0.25) is 0 Å². The van der Waals surface area contributed by atoms with Gasteiger partial charge < -0.3 is 17.7 Å². The molecular weight excluding hydrogens is 212 g/mol. The minimum atomic E-state index is -4.72. The first-order valence-corrected chi connectivity index (χ1v) is 4.98. The Morgan fingerprint density at radius 3 is 2.64 bits per heavy atom. The van der Waals surface area contributed by atoms with Crippen LogP contribution in [0.1, 0.15) is 0 Å². The summed E-state index contributed by atoms with van der Waals surface area (Å²) in [4.78, 5) is 0.573. The van der Waals surface area contributed by atoms with Crippen molar-refractivity contribution in [3.63, 3.8) is 0 Å². The second-order valence-corrected chi connectivity index (χ2v) is 3.79. The van der Waals surface area contributed by atoms with Crippen LogP contribution in [0.25, 0.3) is 0 Å². The molecule has 0 aliphatic rings. The van der Waals surface area contributed by atoms with Crippen LogP contribution in [0.15, 0.2) is 29.2 Å². The smallest absolute Gasteiger partial charge is 0.488 e. The molecule has 1 aromatic carbocycles. The lowest BCUT2D eigenvalue weighted by Crippen LogP contribution is -2.18. The van der Waals surface area contributed by atoms with Gasteiger partial charge in [-0.1, -0.05) is 6.07 Å². The van der Waals surface area contributed by atoms with Gasteiger partial charge in [-0.25, -0.2) is 0 Å². The number of hydrogen-bond donors (Lipinski definition) is 0. The van der Waals surface area contributed by atoms with E-state index in [0.717, 1.165) is 11.8 Å². The van der Waals surface area contributed by atoms with Gasteiger partial charge in [0, 0.05) is 4.90 Å². The summed E-state index contributed by atoms with van der Waals surface area (Å²) in [6.07, 6.45) is 0. The van der Waals surface area contributed by atoms with Crippen LogP contribution >= 0.6 is 11.8 Å². The third-order valence-corrected chi connectivity index (χ3v) is 2.61. The minimum absolute atomic E-state index is 0.573. The van der Waals surface area contributed by atoms with Crippen molar-refractivity contribution in [2.24, 2.45) is 0 Å². The van der Waals surface area contributed by atoms with Gasteiger partial charge in [-0.2, -0.15) is 11.8 Å². The molecule has 0 saturated heterocycles. The summed E-state index contributed by atoms with van der Waals surface area (Å²) in [5.41, 5.74) is -0.812. The number of thioether (sulfide) groups is 1. The first-order chi connectivity index (χ1) is 6.51. The van der Waals surface area contributed by atoms with Crippen LogP contribution in [-0.4, -0.2) is 19.7 Å². The van der Waals surface area contributed by atoms with Crippen LogP contribution in [0, 0.1) is 0 Å². The third kappa shape index (κ3) is 3.96. The Balaban J connectivity index is 2.59. The molecule has 0 amide bonds. The van der Waals surface area contributed by atoms with E-state index in [2.05, 4.69) is 0 Å². The molecule has 0 aliphatic heterocycles. The Labute approximate surface area is 84.7 Å². The molecule has 14 heavy (non-hydrogen) atoms. The quantitative estimate of drug-likeness (QED) is 0.570. The zero-order valence-corrected chi connectivity index (χ0v) is 8.36. The molecule has 1 nitrogen and oxygen atoms in total. The zero-order valence-electron chi connectivity index (χ0n) is 7.54. The van der Waals surface area contributed by atoms with Crippen LogP contribution in [0.5, 0.6) is 5.75 Å². The van der Waals surface area contributed by atoms with Crippen molar-refractivity contribution in [1.29, 1.82) is 0 Å². The van der Waals surface area contributed by atoms with Crippen molar-refractivity contribution in [3.05, 3.63) is 24.3 Å². The molecule has 0 fully saturated rings. The van der Waals surface area contributed by atoms with Crippen molar-refractivity contribution in [2.75, 3.05) is 12.8 Å². The summed E-state index contributed by atoms with van der Waals surface area (Å²) in [5, 5.41) is 0.